The highest BCUT2D eigenvalue weighted by molar-refractivity contribution is 7.10. The number of carbonyl (C=O) groups is 1. The number of amides is 1. The maximum Gasteiger partial charge on any atom is 0.260 e. The summed E-state index contributed by atoms with van der Waals surface area (Å²) in [6, 6.07) is 2.21. The van der Waals surface area contributed by atoms with E-state index in [4.69, 9.17) is 9.47 Å². The lowest BCUT2D eigenvalue weighted by Crippen LogP contribution is -2.47. The van der Waals surface area contributed by atoms with Gasteiger partial charge in [-0.2, -0.15) is 5.10 Å². The zero-order chi connectivity index (χ0) is 16.7. The number of likely N-dealkylation sites (tertiary alicyclic amines) is 1. The van der Waals surface area contributed by atoms with Gasteiger partial charge >= 0.3 is 0 Å². The van der Waals surface area contributed by atoms with Crippen molar-refractivity contribution in [1.29, 1.82) is 0 Å². The third kappa shape index (κ3) is 2.34. The Hall–Kier alpha value is -1.86. The van der Waals surface area contributed by atoms with E-state index in [-0.39, 0.29) is 11.5 Å². The van der Waals surface area contributed by atoms with E-state index >= 15 is 0 Å². The quantitative estimate of drug-likeness (QED) is 0.836. The van der Waals surface area contributed by atoms with Crippen LogP contribution in [0.3, 0.4) is 0 Å². The number of nitrogens with zero attached hydrogens (tertiary/aromatic N) is 3. The highest BCUT2D eigenvalue weighted by Crippen LogP contribution is 2.44. The van der Waals surface area contributed by atoms with Crippen molar-refractivity contribution in [2.45, 2.75) is 24.9 Å². The molecule has 24 heavy (non-hydrogen) atoms. The molecule has 1 fully saturated rings. The van der Waals surface area contributed by atoms with Crippen molar-refractivity contribution in [3.8, 4) is 5.88 Å². The highest BCUT2D eigenvalue weighted by atomic mass is 32.1. The number of aromatic nitrogens is 2. The summed E-state index contributed by atoms with van der Waals surface area (Å²) in [6.07, 6.45) is 4.26. The summed E-state index contributed by atoms with van der Waals surface area (Å²) in [4.78, 5) is 16.1. The Bertz CT molecular complexity index is 759. The topological polar surface area (TPSA) is 56.6 Å². The number of rotatable bonds is 2. The Morgan fingerprint density at radius 3 is 2.96 bits per heavy atom. The minimum absolute atomic E-state index is 0.0167. The first kappa shape index (κ1) is 15.7. The van der Waals surface area contributed by atoms with Gasteiger partial charge in [-0.15, -0.1) is 11.3 Å². The van der Waals surface area contributed by atoms with Crippen molar-refractivity contribution in [2.24, 2.45) is 7.05 Å². The number of piperidine rings is 1. The monoisotopic (exact) mass is 347 g/mol. The molecule has 0 atom stereocenters. The normalized spacial score (nSPS) is 19.3. The van der Waals surface area contributed by atoms with Gasteiger partial charge in [0.05, 0.1) is 19.9 Å². The molecule has 7 heteroatoms. The molecule has 1 saturated heterocycles. The van der Waals surface area contributed by atoms with Crippen molar-refractivity contribution in [2.75, 3.05) is 26.8 Å². The fraction of sp³-hybridized carbons (Fsp3) is 0.529. The van der Waals surface area contributed by atoms with E-state index in [1.165, 1.54) is 10.4 Å². The fourth-order valence-corrected chi connectivity index (χ4v) is 4.95. The van der Waals surface area contributed by atoms with E-state index in [1.807, 2.05) is 4.90 Å². The third-order valence-electron chi connectivity index (χ3n) is 5.08. The van der Waals surface area contributed by atoms with Gasteiger partial charge in [0, 0.05) is 25.0 Å². The van der Waals surface area contributed by atoms with E-state index in [0.717, 1.165) is 25.9 Å². The molecule has 2 aliphatic heterocycles. The van der Waals surface area contributed by atoms with Crippen molar-refractivity contribution in [3.05, 3.63) is 33.6 Å². The molecular weight excluding hydrogens is 326 g/mol. The van der Waals surface area contributed by atoms with E-state index < -0.39 is 0 Å². The van der Waals surface area contributed by atoms with Gasteiger partial charge in [0.25, 0.3) is 5.91 Å². The average Bonchev–Trinajstić information content (AvgIpc) is 3.22. The minimum atomic E-state index is -0.197. The molecule has 0 saturated carbocycles. The van der Waals surface area contributed by atoms with Crippen molar-refractivity contribution in [3.63, 3.8) is 0 Å². The lowest BCUT2D eigenvalue weighted by atomic mass is 9.85. The maximum atomic E-state index is 12.8. The SMILES string of the molecule is COc1c(C(=O)N2CCC3(CC2)OCCc2ccsc23)cnn1C. The largest absolute Gasteiger partial charge is 0.481 e. The van der Waals surface area contributed by atoms with Crippen LogP contribution in [0.2, 0.25) is 0 Å². The summed E-state index contributed by atoms with van der Waals surface area (Å²) < 4.78 is 13.1. The Kier molecular flexibility index (Phi) is 3.85. The molecule has 1 amide bonds. The standard InChI is InChI=1S/C17H21N3O3S/c1-19-16(22-2)13(11-18-19)15(21)20-7-5-17(6-8-20)14-12(3-9-23-17)4-10-24-14/h4,10-11H,3,5-9H2,1-2H3. The molecule has 2 aromatic rings. The summed E-state index contributed by atoms with van der Waals surface area (Å²) >= 11 is 1.78. The van der Waals surface area contributed by atoms with Crippen molar-refractivity contribution in [1.82, 2.24) is 14.7 Å². The van der Waals surface area contributed by atoms with E-state index in [9.17, 15) is 4.79 Å². The summed E-state index contributed by atoms with van der Waals surface area (Å²) in [5.41, 5.74) is 1.75. The lowest BCUT2D eigenvalue weighted by molar-refractivity contribution is -0.0906. The Labute approximate surface area is 145 Å². The van der Waals surface area contributed by atoms with Gasteiger partial charge in [-0.1, -0.05) is 0 Å². The van der Waals surface area contributed by atoms with Gasteiger partial charge in [0.15, 0.2) is 0 Å². The van der Waals surface area contributed by atoms with Crippen LogP contribution in [-0.4, -0.2) is 47.4 Å². The number of thiophene rings is 1. The van der Waals surface area contributed by atoms with Gasteiger partial charge in [-0.25, -0.2) is 4.68 Å². The number of aryl methyl sites for hydroxylation is 1. The molecule has 4 heterocycles. The molecule has 0 N–H and O–H groups in total. The number of hydrogen-bond acceptors (Lipinski definition) is 5. The van der Waals surface area contributed by atoms with Crippen molar-refractivity contribution >= 4 is 17.2 Å². The molecule has 0 aliphatic carbocycles. The van der Waals surface area contributed by atoms with Crippen LogP contribution in [0.15, 0.2) is 17.6 Å². The second-order valence-corrected chi connectivity index (χ2v) is 7.27. The molecule has 4 rings (SSSR count). The van der Waals surface area contributed by atoms with Crippen LogP contribution < -0.4 is 4.74 Å². The van der Waals surface area contributed by atoms with Crippen LogP contribution in [0.4, 0.5) is 0 Å². The van der Waals surface area contributed by atoms with Gasteiger partial charge in [-0.05, 0) is 36.3 Å². The average molecular weight is 347 g/mol. The van der Waals surface area contributed by atoms with Crippen LogP contribution in [0, 0.1) is 0 Å². The lowest BCUT2D eigenvalue weighted by Gasteiger charge is -2.43. The van der Waals surface area contributed by atoms with Crippen LogP contribution in [0.5, 0.6) is 5.88 Å². The van der Waals surface area contributed by atoms with E-state index in [1.54, 1.807) is 36.4 Å². The molecule has 0 unspecified atom stereocenters. The molecule has 0 aromatic carbocycles. The fourth-order valence-electron chi connectivity index (χ4n) is 3.78. The zero-order valence-corrected chi connectivity index (χ0v) is 14.8. The number of fused-ring (bicyclic) bond motifs is 2. The molecule has 1 spiro atoms. The highest BCUT2D eigenvalue weighted by Gasteiger charge is 2.43. The first-order valence-electron chi connectivity index (χ1n) is 8.21. The number of hydrogen-bond donors (Lipinski definition) is 0. The zero-order valence-electron chi connectivity index (χ0n) is 13.9. The minimum Gasteiger partial charge on any atom is -0.481 e. The first-order valence-corrected chi connectivity index (χ1v) is 9.09. The predicted molar refractivity (Wildman–Crippen MR) is 90.6 cm³/mol. The number of carbonyl (C=O) groups excluding carboxylic acids is 1. The van der Waals surface area contributed by atoms with Gasteiger partial charge in [-0.3, -0.25) is 4.79 Å². The van der Waals surface area contributed by atoms with Gasteiger partial charge in [0.2, 0.25) is 5.88 Å². The second kappa shape index (κ2) is 5.89. The summed E-state index contributed by atoms with van der Waals surface area (Å²) in [5, 5.41) is 6.28. The van der Waals surface area contributed by atoms with Crippen LogP contribution in [-0.2, 0) is 23.8 Å². The van der Waals surface area contributed by atoms with Gasteiger partial charge < -0.3 is 14.4 Å². The molecular formula is C17H21N3O3S. The van der Waals surface area contributed by atoms with Gasteiger partial charge in [0.1, 0.15) is 11.2 Å². The molecule has 128 valence electrons. The molecule has 2 aromatic heterocycles. The number of ether oxygens (including phenoxy) is 2. The first-order chi connectivity index (χ1) is 11.6. The Balaban J connectivity index is 1.52. The Morgan fingerprint density at radius 1 is 1.42 bits per heavy atom. The molecule has 6 nitrogen and oxygen atoms in total. The summed E-state index contributed by atoms with van der Waals surface area (Å²) in [6.45, 7) is 2.15. The third-order valence-corrected chi connectivity index (χ3v) is 6.22. The molecule has 0 radical (unpaired) electrons. The molecule has 2 aliphatic rings. The summed E-state index contributed by atoms with van der Waals surface area (Å²) in [7, 11) is 3.34. The number of methoxy groups -OCH3 is 1. The Morgan fingerprint density at radius 2 is 2.21 bits per heavy atom. The summed E-state index contributed by atoms with van der Waals surface area (Å²) in [5.74, 6) is 0.492. The predicted octanol–water partition coefficient (Wildman–Crippen LogP) is 2.19. The van der Waals surface area contributed by atoms with Crippen molar-refractivity contribution < 1.29 is 14.3 Å². The van der Waals surface area contributed by atoms with Crippen LogP contribution in [0.25, 0.3) is 0 Å². The van der Waals surface area contributed by atoms with E-state index in [0.29, 0.717) is 24.5 Å². The van der Waals surface area contributed by atoms with Crippen LogP contribution in [0.1, 0.15) is 33.6 Å². The smallest absolute Gasteiger partial charge is 0.260 e. The maximum absolute atomic E-state index is 12.8. The second-order valence-electron chi connectivity index (χ2n) is 6.35. The molecule has 0 bridgehead atoms. The van der Waals surface area contributed by atoms with E-state index in [2.05, 4.69) is 16.5 Å². The van der Waals surface area contributed by atoms with Crippen LogP contribution >= 0.6 is 11.3 Å².